The molecular formula is C21H23N3O3. The third kappa shape index (κ3) is 4.53. The van der Waals surface area contributed by atoms with Gasteiger partial charge in [-0.1, -0.05) is 47.6 Å². The van der Waals surface area contributed by atoms with Gasteiger partial charge in [-0.2, -0.15) is 0 Å². The monoisotopic (exact) mass is 365 g/mol. The number of carbonyl (C=O) groups excluding carboxylic acids is 2. The molecule has 1 aliphatic rings. The van der Waals surface area contributed by atoms with Gasteiger partial charge in [-0.05, 0) is 29.7 Å². The van der Waals surface area contributed by atoms with E-state index < -0.39 is 0 Å². The van der Waals surface area contributed by atoms with Gasteiger partial charge in [0.25, 0.3) is 5.91 Å². The Bertz CT molecular complexity index is 832. The van der Waals surface area contributed by atoms with Crippen LogP contribution in [0.5, 0.6) is 0 Å². The number of rotatable bonds is 6. The lowest BCUT2D eigenvalue weighted by molar-refractivity contribution is -0.118. The zero-order valence-corrected chi connectivity index (χ0v) is 15.3. The van der Waals surface area contributed by atoms with E-state index in [0.717, 1.165) is 16.8 Å². The summed E-state index contributed by atoms with van der Waals surface area (Å²) in [7, 11) is 1.48. The minimum Gasteiger partial charge on any atom is -0.399 e. The van der Waals surface area contributed by atoms with Crippen LogP contribution in [-0.4, -0.2) is 42.1 Å². The molecule has 1 heterocycles. The van der Waals surface area contributed by atoms with Crippen LogP contribution in [0.3, 0.4) is 0 Å². The summed E-state index contributed by atoms with van der Waals surface area (Å²) >= 11 is 0. The third-order valence-corrected chi connectivity index (χ3v) is 4.71. The maximum Gasteiger partial charge on any atom is 0.254 e. The molecule has 2 aromatic carbocycles. The second-order valence-corrected chi connectivity index (χ2v) is 6.58. The lowest BCUT2D eigenvalue weighted by Crippen LogP contribution is -2.36. The van der Waals surface area contributed by atoms with Gasteiger partial charge < -0.3 is 15.5 Å². The molecule has 0 radical (unpaired) electrons. The van der Waals surface area contributed by atoms with Crippen molar-refractivity contribution >= 4 is 17.5 Å². The van der Waals surface area contributed by atoms with Crippen LogP contribution in [0.1, 0.15) is 29.6 Å². The maximum absolute atomic E-state index is 13.0. The quantitative estimate of drug-likeness (QED) is 0.799. The van der Waals surface area contributed by atoms with Gasteiger partial charge in [-0.3, -0.25) is 9.59 Å². The highest BCUT2D eigenvalue weighted by Crippen LogP contribution is 2.24. The van der Waals surface area contributed by atoms with E-state index in [4.69, 9.17) is 10.6 Å². The van der Waals surface area contributed by atoms with Crippen molar-refractivity contribution in [3.05, 3.63) is 60.2 Å². The molecule has 6 heteroatoms. The summed E-state index contributed by atoms with van der Waals surface area (Å²) < 4.78 is 0. The van der Waals surface area contributed by atoms with Gasteiger partial charge in [-0.25, -0.2) is 0 Å². The predicted octanol–water partition coefficient (Wildman–Crippen LogP) is 2.84. The summed E-state index contributed by atoms with van der Waals surface area (Å²) in [4.78, 5) is 30.8. The molecule has 2 aromatic rings. The van der Waals surface area contributed by atoms with Crippen LogP contribution in [0.4, 0.5) is 0 Å². The molecule has 0 aromatic heterocycles. The van der Waals surface area contributed by atoms with Crippen LogP contribution in [0.15, 0.2) is 59.8 Å². The van der Waals surface area contributed by atoms with Crippen LogP contribution in [0.25, 0.3) is 11.1 Å². The molecule has 0 spiro atoms. The van der Waals surface area contributed by atoms with Gasteiger partial charge in [0.05, 0.1) is 12.3 Å². The minimum absolute atomic E-state index is 0.0783. The summed E-state index contributed by atoms with van der Waals surface area (Å²) in [5.41, 5.74) is 8.83. The van der Waals surface area contributed by atoms with Crippen LogP contribution < -0.4 is 5.73 Å². The van der Waals surface area contributed by atoms with Crippen molar-refractivity contribution in [1.29, 1.82) is 0 Å². The largest absolute Gasteiger partial charge is 0.399 e. The zero-order chi connectivity index (χ0) is 19.2. The van der Waals surface area contributed by atoms with Crippen molar-refractivity contribution in [2.45, 2.75) is 25.3 Å². The number of carbonyl (C=O) groups is 2. The number of benzene rings is 2. The standard InChI is InChI=1S/C21H23N3O3/c1-27-23-18-13-19(11-12-20(22)25)24(14-18)21(26)17-9-7-16(8-10-17)15-5-3-2-4-6-15/h2-10,19H,11-14H2,1H3,(H2,22,25). The van der Waals surface area contributed by atoms with E-state index in [1.807, 2.05) is 54.6 Å². The van der Waals surface area contributed by atoms with Gasteiger partial charge >= 0.3 is 0 Å². The van der Waals surface area contributed by atoms with Crippen molar-refractivity contribution in [2.24, 2.45) is 10.9 Å². The number of likely N-dealkylation sites (tertiary alicyclic amines) is 1. The molecule has 1 atom stereocenters. The Kier molecular flexibility index (Phi) is 5.86. The van der Waals surface area contributed by atoms with Gasteiger partial charge in [-0.15, -0.1) is 0 Å². The second kappa shape index (κ2) is 8.49. The molecule has 1 fully saturated rings. The SMILES string of the molecule is CON=C1CC(CCC(N)=O)N(C(=O)c2ccc(-c3ccccc3)cc2)C1. The fourth-order valence-electron chi connectivity index (χ4n) is 3.37. The molecule has 1 aliphatic heterocycles. The van der Waals surface area contributed by atoms with Gasteiger partial charge in [0.1, 0.15) is 7.11 Å². The molecule has 140 valence electrons. The van der Waals surface area contributed by atoms with E-state index >= 15 is 0 Å². The fraction of sp³-hybridized carbons (Fsp3) is 0.286. The Morgan fingerprint density at radius 2 is 1.78 bits per heavy atom. The Balaban J connectivity index is 1.77. The number of hydrogen-bond acceptors (Lipinski definition) is 4. The summed E-state index contributed by atoms with van der Waals surface area (Å²) in [5.74, 6) is -0.447. The molecule has 1 unspecified atom stereocenters. The Labute approximate surface area is 158 Å². The molecular weight excluding hydrogens is 342 g/mol. The summed E-state index contributed by atoms with van der Waals surface area (Å²) in [5, 5.41) is 3.99. The summed E-state index contributed by atoms with van der Waals surface area (Å²) in [6.07, 6.45) is 1.35. The molecule has 2 N–H and O–H groups in total. The highest BCUT2D eigenvalue weighted by Gasteiger charge is 2.33. The normalized spacial score (nSPS) is 17.9. The number of hydrogen-bond donors (Lipinski definition) is 1. The maximum atomic E-state index is 13.0. The van der Waals surface area contributed by atoms with E-state index in [-0.39, 0.29) is 24.3 Å². The molecule has 0 aliphatic carbocycles. The smallest absolute Gasteiger partial charge is 0.254 e. The Morgan fingerprint density at radius 3 is 2.41 bits per heavy atom. The Morgan fingerprint density at radius 1 is 1.11 bits per heavy atom. The van der Waals surface area contributed by atoms with Crippen LogP contribution >= 0.6 is 0 Å². The van der Waals surface area contributed by atoms with Crippen molar-refractivity contribution < 1.29 is 14.4 Å². The number of nitrogens with two attached hydrogens (primary N) is 1. The van der Waals surface area contributed by atoms with E-state index in [0.29, 0.717) is 24.9 Å². The summed E-state index contributed by atoms with van der Waals surface area (Å²) in [6.45, 7) is 0.399. The first-order valence-corrected chi connectivity index (χ1v) is 8.92. The molecule has 0 saturated carbocycles. The fourth-order valence-corrected chi connectivity index (χ4v) is 3.37. The molecule has 3 rings (SSSR count). The number of oxime groups is 1. The Hall–Kier alpha value is -3.15. The minimum atomic E-state index is -0.369. The lowest BCUT2D eigenvalue weighted by Gasteiger charge is -2.24. The van der Waals surface area contributed by atoms with Crippen LogP contribution in [0.2, 0.25) is 0 Å². The number of primary amides is 1. The second-order valence-electron chi connectivity index (χ2n) is 6.58. The number of amides is 2. The van der Waals surface area contributed by atoms with Crippen LogP contribution in [0, 0.1) is 0 Å². The topological polar surface area (TPSA) is 85.0 Å². The highest BCUT2D eigenvalue weighted by molar-refractivity contribution is 6.00. The number of nitrogens with zero attached hydrogens (tertiary/aromatic N) is 2. The molecule has 27 heavy (non-hydrogen) atoms. The van der Waals surface area contributed by atoms with Crippen molar-refractivity contribution in [3.63, 3.8) is 0 Å². The lowest BCUT2D eigenvalue weighted by atomic mass is 10.0. The molecule has 0 bridgehead atoms. The first kappa shape index (κ1) is 18.6. The van der Waals surface area contributed by atoms with Gasteiger partial charge in [0.15, 0.2) is 0 Å². The van der Waals surface area contributed by atoms with E-state index in [2.05, 4.69) is 5.16 Å². The highest BCUT2D eigenvalue weighted by atomic mass is 16.6. The average Bonchev–Trinajstić information content (AvgIpc) is 3.10. The summed E-state index contributed by atoms with van der Waals surface area (Å²) in [6, 6.07) is 17.5. The van der Waals surface area contributed by atoms with Crippen LogP contribution in [-0.2, 0) is 9.63 Å². The van der Waals surface area contributed by atoms with E-state index in [9.17, 15) is 9.59 Å². The molecule has 1 saturated heterocycles. The predicted molar refractivity (Wildman–Crippen MR) is 104 cm³/mol. The van der Waals surface area contributed by atoms with Crippen molar-refractivity contribution in [3.8, 4) is 11.1 Å². The molecule has 2 amide bonds. The third-order valence-electron chi connectivity index (χ3n) is 4.71. The first-order chi connectivity index (χ1) is 13.1. The zero-order valence-electron chi connectivity index (χ0n) is 15.3. The average molecular weight is 365 g/mol. The van der Waals surface area contributed by atoms with Gasteiger partial charge in [0, 0.05) is 24.4 Å². The van der Waals surface area contributed by atoms with Crippen molar-refractivity contribution in [2.75, 3.05) is 13.7 Å². The van der Waals surface area contributed by atoms with E-state index in [1.165, 1.54) is 7.11 Å². The van der Waals surface area contributed by atoms with E-state index in [1.54, 1.807) is 4.90 Å². The first-order valence-electron chi connectivity index (χ1n) is 8.92. The van der Waals surface area contributed by atoms with Gasteiger partial charge in [0.2, 0.25) is 5.91 Å². The molecule has 6 nitrogen and oxygen atoms in total. The van der Waals surface area contributed by atoms with Crippen molar-refractivity contribution in [1.82, 2.24) is 4.90 Å².